The van der Waals surface area contributed by atoms with Gasteiger partial charge in [-0.2, -0.15) is 5.26 Å². The predicted octanol–water partition coefficient (Wildman–Crippen LogP) is 7.44. The molecule has 37 heavy (non-hydrogen) atoms. The van der Waals surface area contributed by atoms with Gasteiger partial charge in [0.1, 0.15) is 10.9 Å². The normalized spacial score (nSPS) is 13.5. The van der Waals surface area contributed by atoms with Crippen molar-refractivity contribution in [3.63, 3.8) is 0 Å². The lowest BCUT2D eigenvalue weighted by Gasteiger charge is -2.39. The van der Waals surface area contributed by atoms with Gasteiger partial charge in [0.15, 0.2) is 0 Å². The maximum absolute atomic E-state index is 11.9. The molecule has 0 spiro atoms. The second-order valence-corrected chi connectivity index (χ2v) is 11.9. The van der Waals surface area contributed by atoms with Crippen LogP contribution in [0.25, 0.3) is 32.6 Å². The van der Waals surface area contributed by atoms with Crippen LogP contribution in [0.5, 0.6) is 0 Å². The summed E-state index contributed by atoms with van der Waals surface area (Å²) in [6, 6.07) is 23.7. The first-order chi connectivity index (χ1) is 18.1. The minimum absolute atomic E-state index is 0.0838. The van der Waals surface area contributed by atoms with Gasteiger partial charge in [0.05, 0.1) is 28.9 Å². The third kappa shape index (κ3) is 4.23. The number of thiophene rings is 2. The Morgan fingerprint density at radius 1 is 1.08 bits per heavy atom. The summed E-state index contributed by atoms with van der Waals surface area (Å²) in [5.41, 5.74) is 7.65. The first-order valence-corrected chi connectivity index (χ1v) is 14.4. The molecule has 5 aromatic rings. The number of nitrogens with zero attached hydrogens (tertiary/aromatic N) is 3. The molecule has 3 aromatic heterocycles. The van der Waals surface area contributed by atoms with Gasteiger partial charge < -0.3 is 9.64 Å². The summed E-state index contributed by atoms with van der Waals surface area (Å²) in [4.78, 5) is 16.0. The van der Waals surface area contributed by atoms with Crippen LogP contribution in [-0.2, 0) is 9.53 Å². The van der Waals surface area contributed by atoms with Crippen molar-refractivity contribution in [2.75, 3.05) is 25.1 Å². The number of hydrogen-bond acceptors (Lipinski definition) is 7. The molecule has 0 unspecified atom stereocenters. The number of nitriles is 1. The number of carbonyl (C=O) groups is 1. The van der Waals surface area contributed by atoms with Gasteiger partial charge in [0, 0.05) is 40.4 Å². The number of carbonyl (C=O) groups excluding carboxylic acids is 1. The fourth-order valence-corrected chi connectivity index (χ4v) is 7.43. The quantitative estimate of drug-likeness (QED) is 0.209. The van der Waals surface area contributed by atoms with Crippen molar-refractivity contribution in [2.45, 2.75) is 11.8 Å². The predicted molar refractivity (Wildman–Crippen MR) is 153 cm³/mol. The molecule has 184 valence electrons. The molecule has 8 heteroatoms. The number of benzene rings is 2. The Bertz CT molecular complexity index is 1650. The maximum atomic E-state index is 11.9. The van der Waals surface area contributed by atoms with Gasteiger partial charge >= 0.3 is 5.97 Å². The van der Waals surface area contributed by atoms with Crippen molar-refractivity contribution in [3.8, 4) is 28.5 Å². The van der Waals surface area contributed by atoms with E-state index < -0.39 is 0 Å². The molecule has 1 saturated heterocycles. The highest BCUT2D eigenvalue weighted by Crippen LogP contribution is 2.48. The number of fused-ring (bicyclic) bond motifs is 1. The zero-order chi connectivity index (χ0) is 25.5. The van der Waals surface area contributed by atoms with Gasteiger partial charge in [-0.15, -0.1) is 22.7 Å². The molecule has 5 nitrogen and oxygen atoms in total. The minimum Gasteiger partial charge on any atom is -0.469 e. The molecule has 1 fully saturated rings. The summed E-state index contributed by atoms with van der Waals surface area (Å²) in [6.45, 7) is 3.40. The van der Waals surface area contributed by atoms with E-state index in [0.717, 1.165) is 38.5 Å². The number of ether oxygens (including phenoxy) is 1. The molecule has 0 amide bonds. The Morgan fingerprint density at radius 2 is 1.86 bits per heavy atom. The zero-order valence-corrected chi connectivity index (χ0v) is 22.8. The Morgan fingerprint density at radius 3 is 2.62 bits per heavy atom. The molecule has 6 rings (SSSR count). The third-order valence-electron chi connectivity index (χ3n) is 6.68. The van der Waals surface area contributed by atoms with Crippen LogP contribution in [0.15, 0.2) is 76.3 Å². The molecule has 0 aliphatic carbocycles. The van der Waals surface area contributed by atoms with Crippen molar-refractivity contribution in [1.29, 1.82) is 5.26 Å². The fourth-order valence-electron chi connectivity index (χ4n) is 4.74. The van der Waals surface area contributed by atoms with Crippen LogP contribution in [0.4, 0.5) is 5.69 Å². The zero-order valence-electron chi connectivity index (χ0n) is 20.3. The van der Waals surface area contributed by atoms with Gasteiger partial charge in [-0.3, -0.25) is 8.77 Å². The van der Waals surface area contributed by atoms with Crippen LogP contribution in [0.1, 0.15) is 10.4 Å². The van der Waals surface area contributed by atoms with E-state index in [2.05, 4.69) is 87.9 Å². The number of anilines is 1. The van der Waals surface area contributed by atoms with E-state index in [0.29, 0.717) is 18.0 Å². The number of hydrogen-bond donors (Lipinski definition) is 0. The molecule has 2 aromatic carbocycles. The third-order valence-corrected chi connectivity index (χ3v) is 9.47. The first kappa shape index (κ1) is 23.9. The standard InChI is InChI=1S/C29H23N3O2S3/c1-18-6-8-22(9-7-18)37-32-24-11-13-36-28(24)26(23-10-12-35-25(23)15-30)27(32)19-4-3-5-21(14-19)31-16-20(17-31)29(33)34-2/h3-14,20H,16-17H2,1-2H3. The number of aryl methyl sites for hydroxylation is 1. The van der Waals surface area contributed by atoms with Crippen LogP contribution in [-0.4, -0.2) is 30.1 Å². The highest BCUT2D eigenvalue weighted by atomic mass is 32.2. The lowest BCUT2D eigenvalue weighted by molar-refractivity contribution is -0.146. The van der Waals surface area contributed by atoms with E-state index in [4.69, 9.17) is 4.74 Å². The topological polar surface area (TPSA) is 58.3 Å². The molecular weight excluding hydrogens is 519 g/mol. The SMILES string of the molecule is COC(=O)C1CN(c2cccc(-c3c(-c4ccsc4C#N)c4sccc4n3Sc3ccc(C)cc3)c2)C1. The van der Waals surface area contributed by atoms with Crippen molar-refractivity contribution in [2.24, 2.45) is 5.92 Å². The molecule has 4 heterocycles. The Balaban J connectivity index is 1.51. The second-order valence-electron chi connectivity index (χ2n) is 9.01. The average molecular weight is 542 g/mol. The molecular formula is C29H23N3O2S3. The maximum Gasteiger partial charge on any atom is 0.312 e. The molecule has 0 bridgehead atoms. The summed E-state index contributed by atoms with van der Waals surface area (Å²) < 4.78 is 8.39. The van der Waals surface area contributed by atoms with E-state index in [-0.39, 0.29) is 11.9 Å². The van der Waals surface area contributed by atoms with Crippen molar-refractivity contribution in [3.05, 3.63) is 81.9 Å². The van der Waals surface area contributed by atoms with Crippen molar-refractivity contribution < 1.29 is 9.53 Å². The summed E-state index contributed by atoms with van der Waals surface area (Å²) in [5, 5.41) is 14.0. The smallest absolute Gasteiger partial charge is 0.312 e. The van der Waals surface area contributed by atoms with E-state index >= 15 is 0 Å². The van der Waals surface area contributed by atoms with Crippen LogP contribution in [0.3, 0.4) is 0 Å². The number of aromatic nitrogens is 1. The van der Waals surface area contributed by atoms with E-state index in [1.54, 1.807) is 23.3 Å². The lowest BCUT2D eigenvalue weighted by atomic mass is 9.97. The molecule has 0 radical (unpaired) electrons. The summed E-state index contributed by atoms with van der Waals surface area (Å²) >= 11 is 4.87. The monoisotopic (exact) mass is 541 g/mol. The first-order valence-electron chi connectivity index (χ1n) is 11.9. The Kier molecular flexibility index (Phi) is 6.29. The average Bonchev–Trinajstić information content (AvgIpc) is 3.61. The second kappa shape index (κ2) is 9.75. The Labute approximate surface area is 227 Å². The number of esters is 1. The molecule has 1 aliphatic rings. The molecule has 0 atom stereocenters. The van der Waals surface area contributed by atoms with E-state index in [1.165, 1.54) is 28.7 Å². The lowest BCUT2D eigenvalue weighted by Crippen LogP contribution is -2.50. The van der Waals surface area contributed by atoms with Crippen molar-refractivity contribution >= 4 is 56.5 Å². The van der Waals surface area contributed by atoms with E-state index in [9.17, 15) is 10.1 Å². The summed E-state index contributed by atoms with van der Waals surface area (Å²) in [5.74, 6) is -0.237. The number of methoxy groups -OCH3 is 1. The van der Waals surface area contributed by atoms with Gasteiger partial charge in [0.2, 0.25) is 0 Å². The van der Waals surface area contributed by atoms with Crippen molar-refractivity contribution in [1.82, 2.24) is 3.97 Å². The van der Waals surface area contributed by atoms with Gasteiger partial charge in [0.25, 0.3) is 0 Å². The minimum atomic E-state index is -0.153. The van der Waals surface area contributed by atoms with Crippen LogP contribution >= 0.6 is 34.6 Å². The molecule has 1 aliphatic heterocycles. The van der Waals surface area contributed by atoms with Gasteiger partial charge in [-0.05, 0) is 66.0 Å². The van der Waals surface area contributed by atoms with Gasteiger partial charge in [-0.25, -0.2) is 0 Å². The largest absolute Gasteiger partial charge is 0.469 e. The molecule has 0 N–H and O–H groups in total. The van der Waals surface area contributed by atoms with Gasteiger partial charge in [-0.1, -0.05) is 29.8 Å². The fraction of sp³-hybridized carbons (Fsp3) is 0.172. The van der Waals surface area contributed by atoms with E-state index in [1.807, 2.05) is 5.38 Å². The van der Waals surface area contributed by atoms with Crippen LogP contribution in [0, 0.1) is 24.2 Å². The summed E-state index contributed by atoms with van der Waals surface area (Å²) in [6.07, 6.45) is 0. The van der Waals surface area contributed by atoms with Crippen LogP contribution < -0.4 is 4.90 Å². The Hall–Kier alpha value is -3.51. The summed E-state index contributed by atoms with van der Waals surface area (Å²) in [7, 11) is 1.44. The van der Waals surface area contributed by atoms with Crippen LogP contribution in [0.2, 0.25) is 0 Å². The highest BCUT2D eigenvalue weighted by Gasteiger charge is 2.34. The highest BCUT2D eigenvalue weighted by molar-refractivity contribution is 7.98. The molecule has 0 saturated carbocycles. The number of rotatable bonds is 6.